The Kier molecular flexibility index (Phi) is 32.3. The average molecular weight is 727 g/mol. The third-order valence-corrected chi connectivity index (χ3v) is 8.04. The van der Waals surface area contributed by atoms with Gasteiger partial charge >= 0.3 is 17.9 Å². The Balaban J connectivity index is 4.45. The highest BCUT2D eigenvalue weighted by atomic mass is 16.6. The zero-order valence-electron chi connectivity index (χ0n) is 33.2. The van der Waals surface area contributed by atoms with Crippen molar-refractivity contribution in [2.45, 2.75) is 135 Å². The Hall–Kier alpha value is -3.49. The van der Waals surface area contributed by atoms with Crippen molar-refractivity contribution in [2.24, 2.45) is 0 Å². The standard InChI is InChI=1S/C44H71NO7/c1-6-8-10-12-14-15-16-17-18-19-20-21-22-23-24-25-26-27-29-31-33-35-43(47)52-40(38-50-37-36-41(44(48)49)45(3,4)5)39-51-42(46)34-32-30-28-13-11-9-7-2/h9,11,14-15,17-18,20-21,23-24,26-28,30,40-41H,6-8,10,12-13,16,19,22,25,29,31-39H2,1-5H3/p+1/b11-9+,15-14+,18-17+,21-20+,24-23+,27-26+,30-28+. The first-order valence-corrected chi connectivity index (χ1v) is 19.6. The van der Waals surface area contributed by atoms with Crippen LogP contribution < -0.4 is 0 Å². The summed E-state index contributed by atoms with van der Waals surface area (Å²) in [5, 5.41) is 9.57. The lowest BCUT2D eigenvalue weighted by Gasteiger charge is -2.31. The van der Waals surface area contributed by atoms with E-state index in [1.165, 1.54) is 25.7 Å². The van der Waals surface area contributed by atoms with Gasteiger partial charge in [-0.15, -0.1) is 0 Å². The second kappa shape index (κ2) is 34.6. The van der Waals surface area contributed by atoms with Gasteiger partial charge in [-0.1, -0.05) is 112 Å². The zero-order chi connectivity index (χ0) is 38.5. The number of allylic oxidation sites excluding steroid dienone is 14. The molecule has 0 aromatic heterocycles. The fraction of sp³-hybridized carbons (Fsp3) is 0.614. The van der Waals surface area contributed by atoms with Crippen molar-refractivity contribution < 1.29 is 38.2 Å². The summed E-state index contributed by atoms with van der Waals surface area (Å²) >= 11 is 0. The van der Waals surface area contributed by atoms with Crippen LogP contribution in [0.15, 0.2) is 85.1 Å². The molecule has 0 saturated heterocycles. The number of ether oxygens (including phenoxy) is 3. The molecule has 0 spiro atoms. The smallest absolute Gasteiger partial charge is 0.362 e. The molecule has 0 aliphatic carbocycles. The molecular formula is C44H72NO7+. The van der Waals surface area contributed by atoms with Gasteiger partial charge in [-0.05, 0) is 77.0 Å². The minimum Gasteiger partial charge on any atom is -0.477 e. The largest absolute Gasteiger partial charge is 0.477 e. The number of carboxylic acid groups (broad SMARTS) is 1. The SMILES string of the molecule is CC/C=C/C/C=C/CCC(=O)OCC(COCCC(C(=O)O)[N+](C)(C)C)OC(=O)CCCC/C=C/C/C=C/C/C=C/C/C=C/C/C=C/CCCCC. The summed E-state index contributed by atoms with van der Waals surface area (Å²) in [5.74, 6) is -1.63. The highest BCUT2D eigenvalue weighted by Gasteiger charge is 2.31. The maximum absolute atomic E-state index is 12.6. The monoisotopic (exact) mass is 727 g/mol. The number of hydrogen-bond acceptors (Lipinski definition) is 6. The van der Waals surface area contributed by atoms with E-state index in [2.05, 4.69) is 86.8 Å². The molecule has 0 fully saturated rings. The Labute approximate surface area is 316 Å². The number of carbonyl (C=O) groups excluding carboxylic acids is 2. The molecule has 2 atom stereocenters. The van der Waals surface area contributed by atoms with E-state index < -0.39 is 18.1 Å². The van der Waals surface area contributed by atoms with Crippen molar-refractivity contribution in [1.82, 2.24) is 0 Å². The molecule has 0 heterocycles. The first kappa shape index (κ1) is 48.5. The number of esters is 2. The van der Waals surface area contributed by atoms with Gasteiger partial charge in [-0.3, -0.25) is 9.59 Å². The van der Waals surface area contributed by atoms with Crippen molar-refractivity contribution in [1.29, 1.82) is 0 Å². The summed E-state index contributed by atoms with van der Waals surface area (Å²) < 4.78 is 17.0. The molecule has 0 aliphatic rings. The topological polar surface area (TPSA) is 99.1 Å². The highest BCUT2D eigenvalue weighted by molar-refractivity contribution is 5.72. The number of nitrogens with zero attached hydrogens (tertiary/aromatic N) is 1. The summed E-state index contributed by atoms with van der Waals surface area (Å²) in [6.07, 6.45) is 43.9. The number of carboxylic acids is 1. The van der Waals surface area contributed by atoms with Crippen LogP contribution in [0.25, 0.3) is 0 Å². The Morgan fingerprint density at radius 1 is 0.596 bits per heavy atom. The predicted octanol–water partition coefficient (Wildman–Crippen LogP) is 10.2. The first-order chi connectivity index (χ1) is 25.1. The van der Waals surface area contributed by atoms with Gasteiger partial charge in [0, 0.05) is 19.3 Å². The van der Waals surface area contributed by atoms with E-state index in [-0.39, 0.29) is 49.1 Å². The van der Waals surface area contributed by atoms with Crippen LogP contribution in [-0.2, 0) is 28.6 Å². The number of likely N-dealkylation sites (N-methyl/N-ethyl adjacent to an activating group) is 1. The second-order valence-electron chi connectivity index (χ2n) is 13.8. The molecule has 0 rings (SSSR count). The van der Waals surface area contributed by atoms with Gasteiger partial charge in [-0.25, -0.2) is 4.79 Å². The molecule has 0 aromatic carbocycles. The van der Waals surface area contributed by atoms with E-state index in [4.69, 9.17) is 14.2 Å². The van der Waals surface area contributed by atoms with Crippen molar-refractivity contribution in [3.05, 3.63) is 85.1 Å². The number of unbranched alkanes of at least 4 members (excludes halogenated alkanes) is 5. The first-order valence-electron chi connectivity index (χ1n) is 19.6. The van der Waals surface area contributed by atoms with E-state index in [0.717, 1.165) is 51.4 Å². The van der Waals surface area contributed by atoms with Crippen LogP contribution in [0.3, 0.4) is 0 Å². The van der Waals surface area contributed by atoms with E-state index in [9.17, 15) is 19.5 Å². The molecule has 2 unspecified atom stereocenters. The number of carbonyl (C=O) groups is 3. The molecule has 52 heavy (non-hydrogen) atoms. The van der Waals surface area contributed by atoms with Crippen molar-refractivity contribution in [2.75, 3.05) is 41.0 Å². The van der Waals surface area contributed by atoms with Gasteiger partial charge in [0.15, 0.2) is 12.1 Å². The van der Waals surface area contributed by atoms with E-state index >= 15 is 0 Å². The minimum absolute atomic E-state index is 0.0202. The minimum atomic E-state index is -0.895. The molecule has 0 radical (unpaired) electrons. The molecule has 8 nitrogen and oxygen atoms in total. The van der Waals surface area contributed by atoms with Crippen LogP contribution in [0.4, 0.5) is 0 Å². The van der Waals surface area contributed by atoms with Gasteiger partial charge in [-0.2, -0.15) is 0 Å². The van der Waals surface area contributed by atoms with Crippen LogP contribution in [0.5, 0.6) is 0 Å². The van der Waals surface area contributed by atoms with Crippen LogP contribution >= 0.6 is 0 Å². The molecule has 8 heteroatoms. The highest BCUT2D eigenvalue weighted by Crippen LogP contribution is 2.10. The summed E-state index contributed by atoms with van der Waals surface area (Å²) in [7, 11) is 5.47. The fourth-order valence-corrected chi connectivity index (χ4v) is 4.99. The van der Waals surface area contributed by atoms with Crippen molar-refractivity contribution in [3.63, 3.8) is 0 Å². The predicted molar refractivity (Wildman–Crippen MR) is 215 cm³/mol. The van der Waals surface area contributed by atoms with Gasteiger partial charge in [0.25, 0.3) is 0 Å². The maximum atomic E-state index is 12.6. The maximum Gasteiger partial charge on any atom is 0.362 e. The molecule has 0 bridgehead atoms. The molecule has 0 amide bonds. The van der Waals surface area contributed by atoms with Crippen molar-refractivity contribution >= 4 is 17.9 Å². The molecular weight excluding hydrogens is 654 g/mol. The lowest BCUT2D eigenvalue weighted by molar-refractivity contribution is -0.887. The van der Waals surface area contributed by atoms with Crippen LogP contribution in [-0.4, -0.2) is 80.6 Å². The van der Waals surface area contributed by atoms with E-state index in [0.29, 0.717) is 19.3 Å². The van der Waals surface area contributed by atoms with E-state index in [1.54, 1.807) is 0 Å². The molecule has 294 valence electrons. The van der Waals surface area contributed by atoms with Gasteiger partial charge in [0.1, 0.15) is 6.61 Å². The number of quaternary nitrogens is 1. The quantitative estimate of drug-likeness (QED) is 0.0311. The van der Waals surface area contributed by atoms with Gasteiger partial charge in [0.2, 0.25) is 0 Å². The average Bonchev–Trinajstić information content (AvgIpc) is 3.09. The molecule has 0 saturated carbocycles. The van der Waals surface area contributed by atoms with Crippen molar-refractivity contribution in [3.8, 4) is 0 Å². The third-order valence-electron chi connectivity index (χ3n) is 8.04. The molecule has 0 aliphatic heterocycles. The summed E-state index contributed by atoms with van der Waals surface area (Å²) in [6, 6.07) is -0.633. The van der Waals surface area contributed by atoms with Gasteiger partial charge < -0.3 is 23.8 Å². The Morgan fingerprint density at radius 2 is 1.10 bits per heavy atom. The Morgan fingerprint density at radius 3 is 1.60 bits per heavy atom. The fourth-order valence-electron chi connectivity index (χ4n) is 4.99. The molecule has 0 aromatic rings. The lowest BCUT2D eigenvalue weighted by atomic mass is 10.1. The second-order valence-corrected chi connectivity index (χ2v) is 13.8. The van der Waals surface area contributed by atoms with Crippen LogP contribution in [0, 0.1) is 0 Å². The zero-order valence-corrected chi connectivity index (χ0v) is 33.2. The van der Waals surface area contributed by atoms with Crippen LogP contribution in [0.2, 0.25) is 0 Å². The summed E-state index contributed by atoms with van der Waals surface area (Å²) in [6.45, 7) is 4.41. The molecule has 1 N–H and O–H groups in total. The van der Waals surface area contributed by atoms with E-state index in [1.807, 2.05) is 33.3 Å². The number of hydrogen-bond donors (Lipinski definition) is 1. The van der Waals surface area contributed by atoms with Gasteiger partial charge in [0.05, 0.1) is 34.4 Å². The lowest BCUT2D eigenvalue weighted by Crippen LogP contribution is -2.50. The number of aliphatic carboxylic acids is 1. The normalized spacial score (nSPS) is 13.9. The number of rotatable bonds is 33. The summed E-state index contributed by atoms with van der Waals surface area (Å²) in [5.41, 5.74) is 0. The third kappa shape index (κ3) is 32.4. The van der Waals surface area contributed by atoms with Crippen LogP contribution in [0.1, 0.15) is 123 Å². The Bertz CT molecular complexity index is 1120. The summed E-state index contributed by atoms with van der Waals surface area (Å²) in [4.78, 5) is 36.6.